The number of aliphatic hydroxyl groups excluding tert-OH is 1. The fraction of sp³-hybridized carbons (Fsp3) is 0.628. The Morgan fingerprint density at radius 1 is 0.769 bits per heavy atom. The van der Waals surface area contributed by atoms with E-state index >= 15 is 0 Å². The third-order valence-corrected chi connectivity index (χ3v) is 25.0. The van der Waals surface area contributed by atoms with Crippen molar-refractivity contribution in [2.75, 3.05) is 65.6 Å². The summed E-state index contributed by atoms with van der Waals surface area (Å²) >= 11 is 0. The zero-order valence-electron chi connectivity index (χ0n) is 71.3. The average Bonchev–Trinajstić information content (AvgIpc) is 1.79. The van der Waals surface area contributed by atoms with Crippen LogP contribution in [-0.2, 0) is 78.4 Å². The summed E-state index contributed by atoms with van der Waals surface area (Å²) in [6.45, 7) is 24.3. The number of aliphatic imine (C=N–C) groups is 1. The molecule has 9 amide bonds. The molecule has 2 heterocycles. The Hall–Kier alpha value is -8.78. The Labute approximate surface area is 697 Å². The van der Waals surface area contributed by atoms with Crippen molar-refractivity contribution in [2.45, 2.75) is 240 Å². The first-order valence-corrected chi connectivity index (χ1v) is 43.0. The minimum absolute atomic E-state index is 0.00940. The summed E-state index contributed by atoms with van der Waals surface area (Å²) in [7, 11) is 9.04. The second kappa shape index (κ2) is 48.3. The molecule has 0 saturated carbocycles. The van der Waals surface area contributed by atoms with Gasteiger partial charge in [0.2, 0.25) is 23.6 Å². The van der Waals surface area contributed by atoms with Gasteiger partial charge in [-0.05, 0) is 118 Å². The number of benzene rings is 3. The van der Waals surface area contributed by atoms with Crippen LogP contribution in [0.15, 0.2) is 77.8 Å². The number of primary amides is 1. The molecule has 3 aromatic carbocycles. The minimum atomic E-state index is -0.986. The molecule has 2 aliphatic heterocycles. The second-order valence-corrected chi connectivity index (χ2v) is 35.6. The number of ketones is 4. The van der Waals surface area contributed by atoms with Crippen LogP contribution in [0, 0.1) is 47.3 Å². The number of anilines is 1. The quantitative estimate of drug-likeness (QED) is 0.0132. The van der Waals surface area contributed by atoms with Gasteiger partial charge < -0.3 is 70.4 Å². The second-order valence-electron chi connectivity index (χ2n) is 32.5. The fourth-order valence-corrected chi connectivity index (χ4v) is 17.4. The van der Waals surface area contributed by atoms with E-state index in [0.29, 0.717) is 71.3 Å². The van der Waals surface area contributed by atoms with E-state index in [9.17, 15) is 72.5 Å². The number of hydroxylamine groups is 2. The highest BCUT2D eigenvalue weighted by Crippen LogP contribution is 2.39. The van der Waals surface area contributed by atoms with Crippen molar-refractivity contribution in [2.24, 2.45) is 58.1 Å². The predicted octanol–water partition coefficient (Wildman–Crippen LogP) is 11.4. The number of ether oxygens (including phenoxy) is 4. The molecule has 29 nitrogen and oxygen atoms in total. The maximum absolute atomic E-state index is 15.0. The number of likely N-dealkylation sites (N-methyl/N-ethyl adjacent to an activating group) is 2. The number of rotatable bonds is 51. The number of amides is 9. The largest absolute Gasteiger partial charge is 0.507 e. The maximum atomic E-state index is 15.0. The van der Waals surface area contributed by atoms with Crippen LogP contribution in [0.1, 0.15) is 209 Å². The van der Waals surface area contributed by atoms with Crippen LogP contribution >= 0.6 is 21.6 Å². The van der Waals surface area contributed by atoms with Crippen molar-refractivity contribution in [3.05, 3.63) is 89.5 Å². The topological polar surface area (TPSA) is 396 Å². The van der Waals surface area contributed by atoms with Crippen molar-refractivity contribution in [1.82, 2.24) is 30.4 Å². The molecular weight excluding hydrogens is 1540 g/mol. The van der Waals surface area contributed by atoms with Crippen LogP contribution in [0.2, 0.25) is 0 Å². The fourth-order valence-electron chi connectivity index (χ4n) is 14.9. The highest BCUT2D eigenvalue weighted by Gasteiger charge is 2.45. The zero-order chi connectivity index (χ0) is 87.1. The normalized spacial score (nSPS) is 16.7. The number of carbonyl (C=O) groups excluding carboxylic acids is 13. The molecule has 0 radical (unpaired) electrons. The van der Waals surface area contributed by atoms with E-state index in [4.69, 9.17) is 29.5 Å². The average molecular weight is 1670 g/mol. The number of nitrogens with zero attached hydrogens (tertiary/aromatic N) is 5. The maximum Gasteiger partial charge on any atom is 0.410 e. The molecule has 0 unspecified atom stereocenters. The lowest BCUT2D eigenvalue weighted by molar-refractivity contribution is -0.197. The summed E-state index contributed by atoms with van der Waals surface area (Å²) in [6, 6.07) is 16.6. The van der Waals surface area contributed by atoms with Gasteiger partial charge in [-0.3, -0.25) is 52.9 Å². The third-order valence-electron chi connectivity index (χ3n) is 21.7. The van der Waals surface area contributed by atoms with Crippen molar-refractivity contribution < 1.29 is 96.3 Å². The summed E-state index contributed by atoms with van der Waals surface area (Å²) < 4.78 is 23.0. The molecule has 0 aliphatic carbocycles. The van der Waals surface area contributed by atoms with Gasteiger partial charge in [0.25, 0.3) is 11.8 Å². The number of imide groups is 1. The van der Waals surface area contributed by atoms with Gasteiger partial charge in [-0.15, -0.1) is 5.06 Å². The summed E-state index contributed by atoms with van der Waals surface area (Å²) in [5.74, 6) is -7.60. The summed E-state index contributed by atoms with van der Waals surface area (Å²) in [5, 5.41) is 30.6. The highest BCUT2D eigenvalue weighted by atomic mass is 33.1. The molecule has 0 spiro atoms. The van der Waals surface area contributed by atoms with Crippen molar-refractivity contribution in [3.63, 3.8) is 0 Å². The standard InChI is InChI=1S/C86H127N9O20S2/c1-18-54(8)79(71(111-16)47-75(104)94-40-23-28-66(94)81(112-17)56(10)67(97)43-55(9)80(106)59-25-20-19-21-26-59)92(14)83(108)65(51(2)3)46-70(100)78(53(6)7)93(15)85(110)114-50-58-30-32-61(33-31-58)90-82(107)60(27-22-39-88-84(87)109)44-69(99)77(52(4)5)91-72(101)38-42-116-117-86(12,13)48-62(96)49-89-57(11)64-35-34-63(45-68(64)98)113-41-24-29-76(105)115-95-73(102)36-37-74(95)103/h19-21,25-26,30-35,45,51-56,60,65-66,71,77-81,98,106H,18,22-24,27-29,36-44,46-50H2,1-17H3,(H,90,107)(H,91,101)(H3,87,88,109)/t54-,55-,56-,60+,65-,66-,71+,77-,78-,79-,80+,81+/m0/s1. The number of hydrogen-bond donors (Lipinski definition) is 6. The number of methoxy groups -OCH3 is 2. The van der Waals surface area contributed by atoms with E-state index in [2.05, 4.69) is 20.9 Å². The van der Waals surface area contributed by atoms with Crippen LogP contribution < -0.4 is 26.4 Å². The number of aliphatic hydroxyl groups is 1. The van der Waals surface area contributed by atoms with E-state index in [1.165, 1.54) is 46.7 Å². The highest BCUT2D eigenvalue weighted by molar-refractivity contribution is 8.77. The Morgan fingerprint density at radius 2 is 1.44 bits per heavy atom. The van der Waals surface area contributed by atoms with Crippen molar-refractivity contribution >= 4 is 110 Å². The Kier molecular flexibility index (Phi) is 40.8. The van der Waals surface area contributed by atoms with Gasteiger partial charge in [-0.25, -0.2) is 14.4 Å². The van der Waals surface area contributed by atoms with Gasteiger partial charge >= 0.3 is 18.1 Å². The number of Topliss-reactive ketones (excluding diaryl/α,β-unsaturated/α-hetero) is 4. The van der Waals surface area contributed by atoms with Crippen LogP contribution in [0.4, 0.5) is 15.3 Å². The van der Waals surface area contributed by atoms with E-state index in [0.717, 1.165) is 5.56 Å². The summed E-state index contributed by atoms with van der Waals surface area (Å²) in [6.07, 6.45) is -0.677. The number of hydrogen-bond acceptors (Lipinski definition) is 23. The number of aromatic hydroxyl groups is 1. The minimum Gasteiger partial charge on any atom is -0.507 e. The van der Waals surface area contributed by atoms with Gasteiger partial charge in [0.05, 0.1) is 68.5 Å². The molecule has 2 aliphatic rings. The molecular formula is C86H127N9O20S2. The lowest BCUT2D eigenvalue weighted by atomic mass is 9.83. The van der Waals surface area contributed by atoms with Gasteiger partial charge in [0, 0.05) is 138 Å². The number of nitrogens with two attached hydrogens (primary N) is 1. The van der Waals surface area contributed by atoms with Gasteiger partial charge in [0.1, 0.15) is 23.9 Å². The monoisotopic (exact) mass is 1670 g/mol. The van der Waals surface area contributed by atoms with Gasteiger partial charge in [-0.1, -0.05) is 140 Å². The van der Waals surface area contributed by atoms with Crippen LogP contribution in [0.25, 0.3) is 0 Å². The third kappa shape index (κ3) is 30.8. The molecule has 0 aromatic heterocycles. The number of urea groups is 1. The first-order chi connectivity index (χ1) is 55.2. The van der Waals surface area contributed by atoms with Crippen molar-refractivity contribution in [1.29, 1.82) is 0 Å². The lowest BCUT2D eigenvalue weighted by Gasteiger charge is -2.41. The molecule has 5 rings (SSSR count). The van der Waals surface area contributed by atoms with Crippen LogP contribution in [0.5, 0.6) is 11.5 Å². The number of carbonyl (C=O) groups is 13. The summed E-state index contributed by atoms with van der Waals surface area (Å²) in [4.78, 5) is 188. The molecule has 0 bridgehead atoms. The molecule has 7 N–H and O–H groups in total. The predicted molar refractivity (Wildman–Crippen MR) is 448 cm³/mol. The van der Waals surface area contributed by atoms with Crippen molar-refractivity contribution in [3.8, 4) is 11.5 Å². The van der Waals surface area contributed by atoms with E-state index in [1.807, 2.05) is 85.7 Å². The first kappa shape index (κ1) is 98.8. The summed E-state index contributed by atoms with van der Waals surface area (Å²) in [5.41, 5.74) is 7.75. The molecule has 117 heavy (non-hydrogen) atoms. The smallest absolute Gasteiger partial charge is 0.410 e. The molecule has 648 valence electrons. The molecule has 2 saturated heterocycles. The Bertz CT molecular complexity index is 3860. The number of nitrogens with one attached hydrogen (secondary N) is 3. The molecule has 2 fully saturated rings. The van der Waals surface area contributed by atoms with Gasteiger partial charge in [-0.2, -0.15) is 0 Å². The molecule has 3 aromatic rings. The first-order valence-electron chi connectivity index (χ1n) is 40.7. The Balaban J connectivity index is 1.11. The van der Waals surface area contributed by atoms with Gasteiger partial charge in [0.15, 0.2) is 17.3 Å². The lowest BCUT2D eigenvalue weighted by Crippen LogP contribution is -2.54. The number of likely N-dealkylation sites (tertiary alicyclic amines) is 1. The zero-order valence-corrected chi connectivity index (χ0v) is 72.9. The van der Waals surface area contributed by atoms with E-state index in [-0.39, 0.29) is 167 Å². The number of phenols is 1. The van der Waals surface area contributed by atoms with Crippen LogP contribution in [0.3, 0.4) is 0 Å². The Morgan fingerprint density at radius 3 is 2.03 bits per heavy atom. The number of phenolic OH excluding ortho intramolecular Hbond substituents is 1. The van der Waals surface area contributed by atoms with Crippen LogP contribution in [-0.4, -0.2) is 214 Å². The van der Waals surface area contributed by atoms with E-state index < -0.39 is 107 Å². The van der Waals surface area contributed by atoms with E-state index in [1.54, 1.807) is 95.0 Å². The SMILES string of the molecule is CC[C@H](C)[C@@H]([C@@H](CC(=O)N1CCC[C@H]1[C@H](OC)[C@@H](C)C(=O)C[C@H](C)[C@@H](O)c1ccccc1)OC)N(C)C(=O)[C@@H](CC(=O)[C@H](C(C)C)N(C)C(=O)OCc1ccc(NC(=O)[C@H](CCCNC(N)=O)CC(=O)[C@@H](NC(=O)CCSSC(C)(C)CC(=O)CN=C(C)c2ccc(OCCCC(=O)ON3C(=O)CCC3=O)cc2O)C(C)C)cc1)C(C)C. The molecule has 31 heteroatoms. The molecule has 12 atom stereocenters.